The zero-order valence-electron chi connectivity index (χ0n) is 5.32. The lowest BCUT2D eigenvalue weighted by atomic mass is 10.2. The van der Waals surface area contributed by atoms with Crippen LogP contribution in [-0.4, -0.2) is 0 Å². The van der Waals surface area contributed by atoms with Gasteiger partial charge in [-0.1, -0.05) is 66.0 Å². The molecule has 0 aliphatic rings. The molecule has 0 N–H and O–H groups in total. The summed E-state index contributed by atoms with van der Waals surface area (Å²) >= 11 is 9.69. The van der Waals surface area contributed by atoms with E-state index in [4.69, 9.17) is 0 Å². The Balaban J connectivity index is 3.14. The molecule has 0 radical (unpaired) electrons. The number of hydrogen-bond donors (Lipinski definition) is 0. The lowest BCUT2D eigenvalue weighted by Crippen LogP contribution is -2.00. The van der Waals surface area contributed by atoms with Crippen molar-refractivity contribution in [2.24, 2.45) is 0 Å². The van der Waals surface area contributed by atoms with Crippen molar-refractivity contribution >= 4 is 47.8 Å². The highest BCUT2D eigenvalue weighted by Crippen LogP contribution is 2.45. The minimum absolute atomic E-state index is 0.252. The molecule has 4 heteroatoms. The van der Waals surface area contributed by atoms with E-state index in [1.54, 1.807) is 18.2 Å². The molecule has 60 valence electrons. The van der Waals surface area contributed by atoms with Crippen molar-refractivity contribution in [3.8, 4) is 0 Å². The van der Waals surface area contributed by atoms with E-state index in [0.717, 1.165) is 0 Å². The summed E-state index contributed by atoms with van der Waals surface area (Å²) in [4.78, 5) is 0. The molecule has 1 aromatic carbocycles. The Kier molecular flexibility index (Phi) is 3.11. The molecule has 11 heavy (non-hydrogen) atoms. The Labute approximate surface area is 89.6 Å². The van der Waals surface area contributed by atoms with Gasteiger partial charge in [0.15, 0.2) is 2.14 Å². The fraction of sp³-hybridized carbons (Fsp3) is 0.143. The lowest BCUT2D eigenvalue weighted by Gasteiger charge is -2.12. The molecule has 0 heterocycles. The molecule has 0 amide bonds. The van der Waals surface area contributed by atoms with Gasteiger partial charge in [-0.15, -0.1) is 0 Å². The summed E-state index contributed by atoms with van der Waals surface area (Å²) in [6.45, 7) is 0. The zero-order chi connectivity index (χ0) is 8.48. The van der Waals surface area contributed by atoms with Crippen molar-refractivity contribution in [1.82, 2.24) is 0 Å². The van der Waals surface area contributed by atoms with Gasteiger partial charge in [-0.25, -0.2) is 4.39 Å². The Morgan fingerprint density at radius 1 is 1.09 bits per heavy atom. The third-order valence-electron chi connectivity index (χ3n) is 1.18. The summed E-state index contributed by atoms with van der Waals surface area (Å²) in [6, 6.07) is 6.52. The quantitative estimate of drug-likeness (QED) is 0.620. The van der Waals surface area contributed by atoms with Crippen LogP contribution in [0.4, 0.5) is 4.39 Å². The molecular formula is C7H4Br3F. The summed E-state index contributed by atoms with van der Waals surface area (Å²) < 4.78 is 12.3. The standard InChI is InChI=1S/C7H4Br3F/c8-7(9,10)5-3-1-2-4-6(5)11/h1-4H. The van der Waals surface area contributed by atoms with Gasteiger partial charge < -0.3 is 0 Å². The summed E-state index contributed by atoms with van der Waals surface area (Å²) in [5.41, 5.74) is 0.528. The van der Waals surface area contributed by atoms with E-state index in [0.29, 0.717) is 5.56 Å². The first kappa shape index (κ1) is 9.68. The van der Waals surface area contributed by atoms with Gasteiger partial charge in [0.25, 0.3) is 0 Å². The molecule has 0 nitrogen and oxygen atoms in total. The topological polar surface area (TPSA) is 0 Å². The first-order valence-corrected chi connectivity index (χ1v) is 5.21. The SMILES string of the molecule is Fc1ccccc1C(Br)(Br)Br. The van der Waals surface area contributed by atoms with Crippen molar-refractivity contribution in [2.75, 3.05) is 0 Å². The third kappa shape index (κ3) is 2.53. The maximum Gasteiger partial charge on any atom is 0.162 e. The van der Waals surface area contributed by atoms with Gasteiger partial charge in [0.2, 0.25) is 0 Å². The van der Waals surface area contributed by atoms with Gasteiger partial charge in [0.1, 0.15) is 5.82 Å². The van der Waals surface area contributed by atoms with Crippen LogP contribution in [0.3, 0.4) is 0 Å². The van der Waals surface area contributed by atoms with Crippen LogP contribution in [0.2, 0.25) is 0 Å². The van der Waals surface area contributed by atoms with Gasteiger partial charge in [-0.2, -0.15) is 0 Å². The van der Waals surface area contributed by atoms with E-state index >= 15 is 0 Å². The number of alkyl halides is 3. The first-order valence-electron chi connectivity index (χ1n) is 2.83. The molecule has 0 unspecified atom stereocenters. The Hall–Kier alpha value is 0.590. The van der Waals surface area contributed by atoms with E-state index in [1.807, 2.05) is 0 Å². The average Bonchev–Trinajstić information content (AvgIpc) is 1.86. The molecule has 0 aromatic heterocycles. The molecule has 0 spiro atoms. The molecule has 1 rings (SSSR count). The van der Waals surface area contributed by atoms with Crippen molar-refractivity contribution in [1.29, 1.82) is 0 Å². The number of benzene rings is 1. The Morgan fingerprint density at radius 2 is 1.64 bits per heavy atom. The molecule has 0 saturated heterocycles. The van der Waals surface area contributed by atoms with Crippen LogP contribution in [0, 0.1) is 5.82 Å². The predicted octanol–water partition coefficient (Wildman–Crippen LogP) is 4.12. The van der Waals surface area contributed by atoms with Crippen LogP contribution in [-0.2, 0) is 2.14 Å². The van der Waals surface area contributed by atoms with Gasteiger partial charge in [-0.05, 0) is 6.07 Å². The Morgan fingerprint density at radius 3 is 2.00 bits per heavy atom. The van der Waals surface area contributed by atoms with Crippen molar-refractivity contribution in [2.45, 2.75) is 2.14 Å². The van der Waals surface area contributed by atoms with Crippen LogP contribution in [0.5, 0.6) is 0 Å². The van der Waals surface area contributed by atoms with Crippen molar-refractivity contribution < 1.29 is 4.39 Å². The van der Waals surface area contributed by atoms with Crippen LogP contribution >= 0.6 is 47.8 Å². The van der Waals surface area contributed by atoms with E-state index < -0.39 is 2.14 Å². The third-order valence-corrected chi connectivity index (χ3v) is 2.46. The van der Waals surface area contributed by atoms with Crippen LogP contribution in [0.25, 0.3) is 0 Å². The van der Waals surface area contributed by atoms with Gasteiger partial charge in [0, 0.05) is 5.56 Å². The van der Waals surface area contributed by atoms with Crippen LogP contribution in [0.1, 0.15) is 5.56 Å². The number of rotatable bonds is 0. The first-order chi connectivity index (χ1) is 5.02. The highest BCUT2D eigenvalue weighted by molar-refractivity contribution is 9.38. The summed E-state index contributed by atoms with van der Waals surface area (Å²) in [7, 11) is 0. The van der Waals surface area contributed by atoms with Crippen LogP contribution in [0.15, 0.2) is 24.3 Å². The second-order valence-electron chi connectivity index (χ2n) is 1.98. The largest absolute Gasteiger partial charge is 0.207 e. The summed E-state index contributed by atoms with van der Waals surface area (Å²) in [5.74, 6) is -0.252. The van der Waals surface area contributed by atoms with E-state index in [1.165, 1.54) is 6.07 Å². The van der Waals surface area contributed by atoms with Gasteiger partial charge in [0.05, 0.1) is 0 Å². The lowest BCUT2D eigenvalue weighted by molar-refractivity contribution is 0.616. The minimum Gasteiger partial charge on any atom is -0.207 e. The smallest absolute Gasteiger partial charge is 0.162 e. The van der Waals surface area contributed by atoms with E-state index in [-0.39, 0.29) is 5.82 Å². The normalized spacial score (nSPS) is 11.6. The predicted molar refractivity (Wildman–Crippen MR) is 54.9 cm³/mol. The molecule has 0 aliphatic carbocycles. The van der Waals surface area contributed by atoms with E-state index in [9.17, 15) is 4.39 Å². The number of hydrogen-bond acceptors (Lipinski definition) is 0. The fourth-order valence-corrected chi connectivity index (χ4v) is 1.66. The van der Waals surface area contributed by atoms with Crippen molar-refractivity contribution in [3.05, 3.63) is 35.6 Å². The minimum atomic E-state index is -0.654. The fourth-order valence-electron chi connectivity index (χ4n) is 0.691. The highest BCUT2D eigenvalue weighted by atomic mass is 80.0. The maximum absolute atomic E-state index is 13.0. The zero-order valence-corrected chi connectivity index (χ0v) is 10.1. The second-order valence-corrected chi connectivity index (χ2v) is 8.74. The Bertz CT molecular complexity index is 254. The van der Waals surface area contributed by atoms with E-state index in [2.05, 4.69) is 47.8 Å². The molecule has 1 aromatic rings. The summed E-state index contributed by atoms with van der Waals surface area (Å²) in [5, 5.41) is 0. The monoisotopic (exact) mass is 344 g/mol. The number of halogens is 4. The highest BCUT2D eigenvalue weighted by Gasteiger charge is 2.23. The maximum atomic E-state index is 13.0. The molecule has 0 aliphatic heterocycles. The van der Waals surface area contributed by atoms with Gasteiger partial charge >= 0.3 is 0 Å². The second kappa shape index (κ2) is 3.54. The summed E-state index contributed by atoms with van der Waals surface area (Å²) in [6.07, 6.45) is 0. The molecule has 0 saturated carbocycles. The molecule has 0 atom stereocenters. The average molecular weight is 347 g/mol. The molecule has 0 bridgehead atoms. The van der Waals surface area contributed by atoms with Gasteiger partial charge in [-0.3, -0.25) is 0 Å². The van der Waals surface area contributed by atoms with Crippen molar-refractivity contribution in [3.63, 3.8) is 0 Å². The molecular weight excluding hydrogens is 343 g/mol. The van der Waals surface area contributed by atoms with Crippen LogP contribution < -0.4 is 0 Å². The molecule has 0 fully saturated rings.